The third-order valence-corrected chi connectivity index (χ3v) is 11.0. The van der Waals surface area contributed by atoms with Crippen molar-refractivity contribution in [3.8, 4) is 0 Å². The molecule has 0 saturated carbocycles. The Balaban J connectivity index is 1.79. The number of sulfone groups is 1. The van der Waals surface area contributed by atoms with Crippen molar-refractivity contribution < 1.29 is 21.8 Å². The molecule has 2 aliphatic heterocycles. The summed E-state index contributed by atoms with van der Waals surface area (Å²) in [6, 6.07) is 11.9. The van der Waals surface area contributed by atoms with Gasteiger partial charge in [-0.05, 0) is 50.5 Å². The normalized spacial score (nSPS) is 27.2. The Morgan fingerprint density at radius 1 is 0.969 bits per heavy atom. The topological polar surface area (TPSA) is 115 Å². The molecule has 0 aromatic heterocycles. The number of nitro groups is 1. The number of fused-ring (bicyclic) bond motifs is 2. The van der Waals surface area contributed by atoms with Crippen LogP contribution in [-0.2, 0) is 19.9 Å². The summed E-state index contributed by atoms with van der Waals surface area (Å²) < 4.78 is 55.5. The zero-order valence-corrected chi connectivity index (χ0v) is 19.5. The SMILES string of the molecule is Cc1ccc(S(=O)(=O)N2[C@@H]3CC[C@H]2C(C(C)[N+](=O)[O-])C(S(=O)(=O)c2ccccc2)C3)cc1. The quantitative estimate of drug-likeness (QED) is 0.466. The molecular weight excluding hydrogens is 452 g/mol. The van der Waals surface area contributed by atoms with Gasteiger partial charge >= 0.3 is 0 Å². The number of rotatable bonds is 6. The van der Waals surface area contributed by atoms with Crippen molar-refractivity contribution in [1.82, 2.24) is 4.31 Å². The lowest BCUT2D eigenvalue weighted by atomic mass is 9.86. The van der Waals surface area contributed by atoms with E-state index in [1.165, 1.54) is 35.5 Å². The van der Waals surface area contributed by atoms with Crippen LogP contribution in [0.2, 0.25) is 0 Å². The van der Waals surface area contributed by atoms with E-state index >= 15 is 0 Å². The number of piperidine rings is 1. The molecule has 10 heteroatoms. The van der Waals surface area contributed by atoms with Gasteiger partial charge in [-0.15, -0.1) is 0 Å². The second kappa shape index (κ2) is 8.24. The van der Waals surface area contributed by atoms with E-state index in [1.807, 2.05) is 6.92 Å². The van der Waals surface area contributed by atoms with E-state index in [2.05, 4.69) is 0 Å². The fourth-order valence-corrected chi connectivity index (χ4v) is 9.34. The lowest BCUT2D eigenvalue weighted by molar-refractivity contribution is -0.529. The first-order valence-electron chi connectivity index (χ1n) is 10.6. The van der Waals surface area contributed by atoms with Gasteiger partial charge in [-0.1, -0.05) is 35.9 Å². The molecule has 0 aliphatic carbocycles. The van der Waals surface area contributed by atoms with Gasteiger partial charge in [0.25, 0.3) is 0 Å². The van der Waals surface area contributed by atoms with Gasteiger partial charge in [0.05, 0.1) is 21.0 Å². The van der Waals surface area contributed by atoms with Crippen molar-refractivity contribution in [2.24, 2.45) is 5.92 Å². The minimum atomic E-state index is -3.92. The van der Waals surface area contributed by atoms with Gasteiger partial charge in [-0.25, -0.2) is 16.8 Å². The van der Waals surface area contributed by atoms with Crippen molar-refractivity contribution in [2.45, 2.75) is 66.3 Å². The summed E-state index contributed by atoms with van der Waals surface area (Å²) in [6.45, 7) is 3.24. The number of aryl methyl sites for hydroxylation is 1. The number of hydrogen-bond donors (Lipinski definition) is 0. The molecular formula is C22H26N2O6S2. The fourth-order valence-electron chi connectivity index (χ4n) is 5.24. The fraction of sp³-hybridized carbons (Fsp3) is 0.455. The summed E-state index contributed by atoms with van der Waals surface area (Å²) in [5.41, 5.74) is 0.916. The van der Waals surface area contributed by atoms with E-state index in [0.29, 0.717) is 12.8 Å². The highest BCUT2D eigenvalue weighted by Gasteiger charge is 2.59. The molecule has 2 aromatic rings. The van der Waals surface area contributed by atoms with E-state index in [0.717, 1.165) is 5.56 Å². The van der Waals surface area contributed by atoms with Crippen molar-refractivity contribution in [3.05, 3.63) is 70.3 Å². The highest BCUT2D eigenvalue weighted by Crippen LogP contribution is 2.47. The number of sulfonamides is 1. The molecule has 5 atom stereocenters. The molecule has 0 radical (unpaired) electrons. The smallest absolute Gasteiger partial charge is 0.243 e. The van der Waals surface area contributed by atoms with Crippen LogP contribution in [0.3, 0.4) is 0 Å². The van der Waals surface area contributed by atoms with Crippen molar-refractivity contribution in [2.75, 3.05) is 0 Å². The largest absolute Gasteiger partial charge is 0.264 e. The first-order chi connectivity index (χ1) is 15.0. The third-order valence-electron chi connectivity index (χ3n) is 6.82. The Morgan fingerprint density at radius 2 is 1.59 bits per heavy atom. The van der Waals surface area contributed by atoms with E-state index in [-0.39, 0.29) is 16.2 Å². The predicted molar refractivity (Wildman–Crippen MR) is 119 cm³/mol. The lowest BCUT2D eigenvalue weighted by Crippen LogP contribution is -2.59. The van der Waals surface area contributed by atoms with Crippen LogP contribution in [0, 0.1) is 23.0 Å². The maximum atomic E-state index is 13.5. The van der Waals surface area contributed by atoms with E-state index in [9.17, 15) is 26.9 Å². The maximum Gasteiger partial charge on any atom is 0.243 e. The Labute approximate surface area is 188 Å². The maximum absolute atomic E-state index is 13.5. The van der Waals surface area contributed by atoms with Crippen molar-refractivity contribution in [1.29, 1.82) is 0 Å². The molecule has 3 unspecified atom stereocenters. The molecule has 2 saturated heterocycles. The van der Waals surface area contributed by atoms with E-state index in [4.69, 9.17) is 0 Å². The van der Waals surface area contributed by atoms with E-state index in [1.54, 1.807) is 30.3 Å². The molecule has 0 amide bonds. The van der Waals surface area contributed by atoms with Crippen LogP contribution >= 0.6 is 0 Å². The molecule has 2 fully saturated rings. The van der Waals surface area contributed by atoms with Gasteiger partial charge in [-0.2, -0.15) is 4.31 Å². The summed E-state index contributed by atoms with van der Waals surface area (Å²) in [6.07, 6.45) is 0.929. The first-order valence-corrected chi connectivity index (χ1v) is 13.6. The Morgan fingerprint density at radius 3 is 2.19 bits per heavy atom. The zero-order chi connectivity index (χ0) is 23.3. The van der Waals surface area contributed by atoms with Crippen molar-refractivity contribution in [3.63, 3.8) is 0 Å². The van der Waals surface area contributed by atoms with Gasteiger partial charge in [-0.3, -0.25) is 10.1 Å². The molecule has 0 spiro atoms. The Bertz CT molecular complexity index is 1210. The van der Waals surface area contributed by atoms with Crippen LogP contribution in [0.25, 0.3) is 0 Å². The first kappa shape index (κ1) is 22.9. The zero-order valence-electron chi connectivity index (χ0n) is 17.9. The molecule has 2 heterocycles. The van der Waals surface area contributed by atoms with Crippen LogP contribution in [0.1, 0.15) is 31.7 Å². The molecule has 32 heavy (non-hydrogen) atoms. The number of hydrogen-bond acceptors (Lipinski definition) is 6. The monoisotopic (exact) mass is 478 g/mol. The molecule has 8 nitrogen and oxygen atoms in total. The van der Waals surface area contributed by atoms with Gasteiger partial charge in [0.1, 0.15) is 0 Å². The minimum Gasteiger partial charge on any atom is -0.264 e. The van der Waals surface area contributed by atoms with Crippen LogP contribution in [0.4, 0.5) is 0 Å². The van der Waals surface area contributed by atoms with Gasteiger partial charge < -0.3 is 0 Å². The lowest BCUT2D eigenvalue weighted by Gasteiger charge is -2.43. The van der Waals surface area contributed by atoms with Crippen LogP contribution in [-0.4, -0.2) is 49.4 Å². The second-order valence-electron chi connectivity index (χ2n) is 8.68. The summed E-state index contributed by atoms with van der Waals surface area (Å²) in [5, 5.41) is 10.8. The molecule has 2 aromatic carbocycles. The number of nitrogens with zero attached hydrogens (tertiary/aromatic N) is 2. The van der Waals surface area contributed by atoms with E-state index < -0.39 is 54.1 Å². The van der Waals surface area contributed by atoms with Gasteiger partial charge in [0, 0.05) is 23.9 Å². The standard InChI is InChI=1S/C22H26N2O6S2/c1-15-8-11-19(12-9-15)32(29,30)23-17-10-13-20(23)22(16(2)24(25)26)21(14-17)31(27,28)18-6-4-3-5-7-18/h3-9,11-12,16-17,20-22H,10,13-14H2,1-2H3/t16?,17-,20+,21?,22?/m1/s1. The molecule has 0 N–H and O–H groups in total. The summed E-state index contributed by atoms with van der Waals surface area (Å²) >= 11 is 0. The highest BCUT2D eigenvalue weighted by atomic mass is 32.2. The van der Waals surface area contributed by atoms with Gasteiger partial charge in [0.15, 0.2) is 9.84 Å². The van der Waals surface area contributed by atoms with Crippen LogP contribution in [0.15, 0.2) is 64.4 Å². The molecule has 2 aliphatic rings. The van der Waals surface area contributed by atoms with Crippen LogP contribution < -0.4 is 0 Å². The van der Waals surface area contributed by atoms with Crippen LogP contribution in [0.5, 0.6) is 0 Å². The molecule has 172 valence electrons. The highest BCUT2D eigenvalue weighted by molar-refractivity contribution is 7.92. The summed E-state index contributed by atoms with van der Waals surface area (Å²) in [4.78, 5) is 11.5. The average Bonchev–Trinajstić information content (AvgIpc) is 3.09. The van der Waals surface area contributed by atoms with Crippen molar-refractivity contribution >= 4 is 19.9 Å². The molecule has 4 rings (SSSR count). The Hall–Kier alpha value is -2.30. The third kappa shape index (κ3) is 3.74. The summed E-state index contributed by atoms with van der Waals surface area (Å²) in [5.74, 6) is -0.950. The molecule has 2 bridgehead atoms. The minimum absolute atomic E-state index is 0.0433. The van der Waals surface area contributed by atoms with Gasteiger partial charge in [0.2, 0.25) is 16.1 Å². The number of benzene rings is 2. The summed E-state index contributed by atoms with van der Waals surface area (Å²) in [7, 11) is -7.81. The predicted octanol–water partition coefficient (Wildman–Crippen LogP) is 3.04. The average molecular weight is 479 g/mol. The second-order valence-corrected chi connectivity index (χ2v) is 12.7. The Kier molecular flexibility index (Phi) is 5.89.